The van der Waals surface area contributed by atoms with E-state index in [1.54, 1.807) is 30.5 Å². The fourth-order valence-corrected chi connectivity index (χ4v) is 4.19. The Hall–Kier alpha value is -5.25. The van der Waals surface area contributed by atoms with E-state index in [0.29, 0.717) is 16.6 Å². The predicted octanol–water partition coefficient (Wildman–Crippen LogP) is -1.12. The molecule has 0 radical (unpaired) electrons. The van der Waals surface area contributed by atoms with Crippen LogP contribution in [0.1, 0.15) is 30.5 Å². The fraction of sp³-hybridized carbons (Fsp3) is 0.346. The number of hydrogen-bond donors (Lipinski definition) is 9. The standard InChI is InChI=1S/C26H31N7O9/c27-16(8-14-11-28-12-30-14)23(38)32-20(9-22(36)37)25(40)33-19(7-13-10-29-17-4-2-1-3-15(13)17)24(39)31-18(26(41)42)5-6-21(34)35/h1-4,10-12,16,18-20,29H,5-9,27H2,(H,28,30)(H,31,39)(H,32,38)(H,33,40)(H,34,35)(H,36,37)(H,41,42). The van der Waals surface area contributed by atoms with Gasteiger partial charge in [-0.3, -0.25) is 24.0 Å². The van der Waals surface area contributed by atoms with Gasteiger partial charge in [0.05, 0.1) is 18.8 Å². The molecule has 4 atom stereocenters. The van der Waals surface area contributed by atoms with Crippen molar-refractivity contribution in [2.75, 3.05) is 0 Å². The number of nitrogens with zero attached hydrogens (tertiary/aromatic N) is 1. The lowest BCUT2D eigenvalue weighted by Gasteiger charge is -2.24. The van der Waals surface area contributed by atoms with E-state index >= 15 is 0 Å². The predicted molar refractivity (Wildman–Crippen MR) is 145 cm³/mol. The minimum Gasteiger partial charge on any atom is -0.481 e. The number of carbonyl (C=O) groups is 6. The largest absolute Gasteiger partial charge is 0.481 e. The number of H-pyrrole nitrogens is 2. The Kier molecular flexibility index (Phi) is 10.7. The van der Waals surface area contributed by atoms with Gasteiger partial charge in [-0.2, -0.15) is 0 Å². The van der Waals surface area contributed by atoms with Gasteiger partial charge >= 0.3 is 17.9 Å². The quantitative estimate of drug-likeness (QED) is 0.0971. The maximum atomic E-state index is 13.3. The van der Waals surface area contributed by atoms with Gasteiger partial charge in [0.2, 0.25) is 17.7 Å². The van der Waals surface area contributed by atoms with Crippen molar-refractivity contribution in [1.29, 1.82) is 0 Å². The Morgan fingerprint density at radius 3 is 2.14 bits per heavy atom. The summed E-state index contributed by atoms with van der Waals surface area (Å²) >= 11 is 0. The third-order valence-corrected chi connectivity index (χ3v) is 6.34. The molecule has 0 aliphatic heterocycles. The van der Waals surface area contributed by atoms with Gasteiger partial charge < -0.3 is 47.0 Å². The molecule has 0 aliphatic carbocycles. The maximum absolute atomic E-state index is 13.3. The van der Waals surface area contributed by atoms with Crippen molar-refractivity contribution in [2.45, 2.75) is 56.3 Å². The first-order valence-electron chi connectivity index (χ1n) is 12.8. The molecule has 2 heterocycles. The van der Waals surface area contributed by atoms with Gasteiger partial charge in [-0.15, -0.1) is 0 Å². The van der Waals surface area contributed by atoms with Gasteiger partial charge in [0.15, 0.2) is 0 Å². The first-order chi connectivity index (χ1) is 19.9. The summed E-state index contributed by atoms with van der Waals surface area (Å²) in [5.74, 6) is -6.99. The van der Waals surface area contributed by atoms with Crippen molar-refractivity contribution in [1.82, 2.24) is 30.9 Å². The summed E-state index contributed by atoms with van der Waals surface area (Å²) in [5.41, 5.74) is 7.74. The van der Waals surface area contributed by atoms with Crippen molar-refractivity contribution in [3.05, 3.63) is 54.2 Å². The molecule has 0 fully saturated rings. The minimum absolute atomic E-state index is 0.0196. The number of carboxylic acid groups (broad SMARTS) is 3. The van der Waals surface area contributed by atoms with Gasteiger partial charge in [-0.1, -0.05) is 18.2 Å². The lowest BCUT2D eigenvalue weighted by atomic mass is 10.0. The van der Waals surface area contributed by atoms with E-state index < -0.39 is 79.1 Å². The molecule has 0 saturated heterocycles. The highest BCUT2D eigenvalue weighted by atomic mass is 16.4. The van der Waals surface area contributed by atoms with E-state index in [1.807, 2.05) is 0 Å². The van der Waals surface area contributed by atoms with Crippen LogP contribution in [-0.4, -0.2) is 90.1 Å². The molecule has 0 bridgehead atoms. The number of benzene rings is 1. The number of fused-ring (bicyclic) bond motifs is 1. The summed E-state index contributed by atoms with van der Waals surface area (Å²) in [7, 11) is 0. The molecule has 16 heteroatoms. The molecule has 224 valence electrons. The van der Waals surface area contributed by atoms with Gasteiger partial charge in [0.25, 0.3) is 0 Å². The number of para-hydroxylation sites is 1. The Labute approximate surface area is 238 Å². The smallest absolute Gasteiger partial charge is 0.326 e. The van der Waals surface area contributed by atoms with Crippen molar-refractivity contribution < 1.29 is 44.1 Å². The number of aliphatic carboxylic acids is 3. The second kappa shape index (κ2) is 14.4. The van der Waals surface area contributed by atoms with Crippen LogP contribution in [0.15, 0.2) is 43.0 Å². The van der Waals surface area contributed by atoms with Crippen molar-refractivity contribution >= 4 is 46.5 Å². The van der Waals surface area contributed by atoms with Crippen molar-refractivity contribution in [3.8, 4) is 0 Å². The molecule has 42 heavy (non-hydrogen) atoms. The minimum atomic E-state index is -1.64. The third kappa shape index (κ3) is 8.88. The van der Waals surface area contributed by atoms with Gasteiger partial charge in [0.1, 0.15) is 18.1 Å². The molecule has 0 spiro atoms. The normalized spacial score (nSPS) is 13.8. The molecular weight excluding hydrogens is 554 g/mol. The molecule has 10 N–H and O–H groups in total. The molecule has 0 aliphatic rings. The third-order valence-electron chi connectivity index (χ3n) is 6.34. The van der Waals surface area contributed by atoms with Crippen LogP contribution in [-0.2, 0) is 41.6 Å². The molecule has 0 saturated carbocycles. The highest BCUT2D eigenvalue weighted by Crippen LogP contribution is 2.19. The molecule has 3 rings (SSSR count). The second-order valence-electron chi connectivity index (χ2n) is 9.50. The highest BCUT2D eigenvalue weighted by molar-refractivity contribution is 5.96. The Bertz CT molecular complexity index is 1440. The Morgan fingerprint density at radius 1 is 0.833 bits per heavy atom. The summed E-state index contributed by atoms with van der Waals surface area (Å²) in [5, 5.41) is 35.5. The van der Waals surface area contributed by atoms with Crippen molar-refractivity contribution in [3.63, 3.8) is 0 Å². The van der Waals surface area contributed by atoms with Crippen LogP contribution in [0.4, 0.5) is 0 Å². The number of aromatic amines is 2. The summed E-state index contributed by atoms with van der Waals surface area (Å²) in [6, 6.07) is 1.27. The average Bonchev–Trinajstić information content (AvgIpc) is 3.59. The van der Waals surface area contributed by atoms with Crippen LogP contribution in [0.3, 0.4) is 0 Å². The zero-order valence-electron chi connectivity index (χ0n) is 22.2. The fourth-order valence-electron chi connectivity index (χ4n) is 4.19. The molecule has 4 unspecified atom stereocenters. The Balaban J connectivity index is 1.82. The van der Waals surface area contributed by atoms with Gasteiger partial charge in [0, 0.05) is 48.3 Å². The Morgan fingerprint density at radius 2 is 1.50 bits per heavy atom. The summed E-state index contributed by atoms with van der Waals surface area (Å²) in [6.07, 6.45) is 2.50. The van der Waals surface area contributed by atoms with E-state index in [1.165, 1.54) is 12.5 Å². The number of amides is 3. The zero-order valence-corrected chi connectivity index (χ0v) is 22.2. The maximum Gasteiger partial charge on any atom is 0.326 e. The summed E-state index contributed by atoms with van der Waals surface area (Å²) in [6.45, 7) is 0. The highest BCUT2D eigenvalue weighted by Gasteiger charge is 2.32. The first-order valence-corrected chi connectivity index (χ1v) is 12.8. The molecule has 3 aromatic rings. The van der Waals surface area contributed by atoms with E-state index in [4.69, 9.17) is 10.8 Å². The van der Waals surface area contributed by atoms with E-state index in [0.717, 1.165) is 5.52 Å². The van der Waals surface area contributed by atoms with E-state index in [9.17, 15) is 39.0 Å². The first kappa shape index (κ1) is 31.3. The van der Waals surface area contributed by atoms with Crippen LogP contribution in [0.25, 0.3) is 10.9 Å². The van der Waals surface area contributed by atoms with Gasteiger partial charge in [-0.05, 0) is 18.1 Å². The number of carbonyl (C=O) groups excluding carboxylic acids is 3. The lowest BCUT2D eigenvalue weighted by Crippen LogP contribution is -2.58. The number of aromatic nitrogens is 3. The molecule has 1 aromatic carbocycles. The van der Waals surface area contributed by atoms with Crippen LogP contribution in [0, 0.1) is 0 Å². The number of nitrogens with two attached hydrogens (primary N) is 1. The van der Waals surface area contributed by atoms with E-state index in [-0.39, 0.29) is 12.8 Å². The number of hydrogen-bond acceptors (Lipinski definition) is 8. The van der Waals surface area contributed by atoms with Crippen LogP contribution < -0.4 is 21.7 Å². The zero-order chi connectivity index (χ0) is 30.8. The molecule has 3 amide bonds. The molecule has 2 aromatic heterocycles. The number of nitrogens with one attached hydrogen (secondary N) is 5. The number of rotatable bonds is 16. The lowest BCUT2D eigenvalue weighted by molar-refractivity contribution is -0.144. The molecule has 16 nitrogen and oxygen atoms in total. The van der Waals surface area contributed by atoms with Crippen LogP contribution in [0.5, 0.6) is 0 Å². The summed E-state index contributed by atoms with van der Waals surface area (Å²) < 4.78 is 0. The number of imidazole rings is 1. The monoisotopic (exact) mass is 585 g/mol. The number of carboxylic acids is 3. The topological polar surface area (TPSA) is 270 Å². The van der Waals surface area contributed by atoms with Crippen LogP contribution >= 0.6 is 0 Å². The van der Waals surface area contributed by atoms with Crippen molar-refractivity contribution in [2.24, 2.45) is 5.73 Å². The average molecular weight is 586 g/mol. The molecular formula is C26H31N7O9. The SMILES string of the molecule is NC(Cc1cnc[nH]1)C(=O)NC(CC(=O)O)C(=O)NC(Cc1c[nH]c2ccccc12)C(=O)NC(CCC(=O)O)C(=O)O. The summed E-state index contributed by atoms with van der Waals surface area (Å²) in [4.78, 5) is 83.0. The van der Waals surface area contributed by atoms with Crippen LogP contribution in [0.2, 0.25) is 0 Å². The van der Waals surface area contributed by atoms with Gasteiger partial charge in [-0.25, -0.2) is 9.78 Å². The second-order valence-corrected chi connectivity index (χ2v) is 9.50. The van der Waals surface area contributed by atoms with E-state index in [2.05, 4.69) is 30.9 Å².